The van der Waals surface area contributed by atoms with Gasteiger partial charge in [0.05, 0.1) is 0 Å². The Morgan fingerprint density at radius 1 is 1.25 bits per heavy atom. The first-order valence-electron chi connectivity index (χ1n) is 8.30. The molecule has 0 aliphatic heterocycles. The van der Waals surface area contributed by atoms with Crippen molar-refractivity contribution in [3.63, 3.8) is 0 Å². The zero-order chi connectivity index (χ0) is 13.9. The molecule has 1 saturated carbocycles. The van der Waals surface area contributed by atoms with Crippen LogP contribution < -0.4 is 5.32 Å². The third-order valence-corrected chi connectivity index (χ3v) is 4.81. The summed E-state index contributed by atoms with van der Waals surface area (Å²) in [5.41, 5.74) is 2.73. The SMILES string of the molecule is CC(C)NCC1CCc2nc(C3CCCC3)ncc2C1. The first-order valence-corrected chi connectivity index (χ1v) is 8.30. The van der Waals surface area contributed by atoms with E-state index in [0.717, 1.165) is 31.1 Å². The van der Waals surface area contributed by atoms with Crippen LogP contribution in [0, 0.1) is 5.92 Å². The molecule has 1 aromatic heterocycles. The van der Waals surface area contributed by atoms with E-state index >= 15 is 0 Å². The van der Waals surface area contributed by atoms with E-state index in [9.17, 15) is 0 Å². The fourth-order valence-electron chi connectivity index (χ4n) is 3.56. The highest BCUT2D eigenvalue weighted by Gasteiger charge is 2.24. The van der Waals surface area contributed by atoms with E-state index in [2.05, 4.69) is 30.3 Å². The maximum absolute atomic E-state index is 4.89. The Labute approximate surface area is 122 Å². The molecule has 0 aromatic carbocycles. The minimum Gasteiger partial charge on any atom is -0.314 e. The van der Waals surface area contributed by atoms with Crippen molar-refractivity contribution in [3.8, 4) is 0 Å². The Kier molecular flexibility index (Phi) is 4.35. The minimum atomic E-state index is 0.581. The summed E-state index contributed by atoms with van der Waals surface area (Å²) in [5, 5.41) is 3.56. The van der Waals surface area contributed by atoms with Gasteiger partial charge >= 0.3 is 0 Å². The molecule has 1 aromatic rings. The molecule has 0 spiro atoms. The molecule has 1 fully saturated rings. The van der Waals surface area contributed by atoms with E-state index in [-0.39, 0.29) is 0 Å². The van der Waals surface area contributed by atoms with E-state index in [1.807, 2.05) is 0 Å². The van der Waals surface area contributed by atoms with Crippen LogP contribution in [0.1, 0.15) is 69.0 Å². The van der Waals surface area contributed by atoms with E-state index in [1.165, 1.54) is 43.4 Å². The number of nitrogens with zero attached hydrogens (tertiary/aromatic N) is 2. The number of hydrogen-bond donors (Lipinski definition) is 1. The van der Waals surface area contributed by atoms with Gasteiger partial charge in [-0.1, -0.05) is 26.7 Å². The second-order valence-electron chi connectivity index (χ2n) is 6.85. The normalized spacial score (nSPS) is 23.2. The standard InChI is InChI=1S/C17H27N3/c1-12(2)18-10-13-7-8-16-15(9-13)11-19-17(20-16)14-5-3-4-6-14/h11-14,18H,3-10H2,1-2H3. The topological polar surface area (TPSA) is 37.8 Å². The molecule has 20 heavy (non-hydrogen) atoms. The van der Waals surface area contributed by atoms with Gasteiger partial charge in [-0.05, 0) is 50.1 Å². The van der Waals surface area contributed by atoms with Crippen LogP contribution in [0.4, 0.5) is 0 Å². The minimum absolute atomic E-state index is 0.581. The second-order valence-corrected chi connectivity index (χ2v) is 6.85. The Hall–Kier alpha value is -0.960. The van der Waals surface area contributed by atoms with Gasteiger partial charge in [-0.15, -0.1) is 0 Å². The Balaban J connectivity index is 1.65. The van der Waals surface area contributed by atoms with Gasteiger partial charge in [0.25, 0.3) is 0 Å². The van der Waals surface area contributed by atoms with Gasteiger partial charge in [0.2, 0.25) is 0 Å². The van der Waals surface area contributed by atoms with Crippen molar-refractivity contribution in [1.29, 1.82) is 0 Å². The predicted octanol–water partition coefficient (Wildman–Crippen LogP) is 3.24. The molecule has 1 unspecified atom stereocenters. The summed E-state index contributed by atoms with van der Waals surface area (Å²) < 4.78 is 0. The quantitative estimate of drug-likeness (QED) is 0.915. The van der Waals surface area contributed by atoms with Crippen molar-refractivity contribution in [2.75, 3.05) is 6.54 Å². The average molecular weight is 273 g/mol. The lowest BCUT2D eigenvalue weighted by molar-refractivity contribution is 0.401. The zero-order valence-corrected chi connectivity index (χ0v) is 12.9. The van der Waals surface area contributed by atoms with Crippen LogP contribution in [-0.2, 0) is 12.8 Å². The molecule has 2 aliphatic rings. The van der Waals surface area contributed by atoms with Gasteiger partial charge in [0.1, 0.15) is 5.82 Å². The molecule has 110 valence electrons. The fraction of sp³-hybridized carbons (Fsp3) is 0.765. The number of aromatic nitrogens is 2. The van der Waals surface area contributed by atoms with Crippen LogP contribution in [0.25, 0.3) is 0 Å². The summed E-state index contributed by atoms with van der Waals surface area (Å²) in [6.07, 6.45) is 11.0. The lowest BCUT2D eigenvalue weighted by Gasteiger charge is -2.25. The summed E-state index contributed by atoms with van der Waals surface area (Å²) >= 11 is 0. The molecule has 0 bridgehead atoms. The summed E-state index contributed by atoms with van der Waals surface area (Å²) in [4.78, 5) is 9.57. The van der Waals surface area contributed by atoms with Gasteiger partial charge in [0, 0.05) is 23.9 Å². The van der Waals surface area contributed by atoms with Gasteiger partial charge < -0.3 is 5.32 Å². The van der Waals surface area contributed by atoms with Crippen molar-refractivity contribution in [1.82, 2.24) is 15.3 Å². The fourth-order valence-corrected chi connectivity index (χ4v) is 3.56. The largest absolute Gasteiger partial charge is 0.314 e. The molecular weight excluding hydrogens is 246 g/mol. The van der Waals surface area contributed by atoms with E-state index in [4.69, 9.17) is 4.98 Å². The van der Waals surface area contributed by atoms with Crippen molar-refractivity contribution in [3.05, 3.63) is 23.3 Å². The van der Waals surface area contributed by atoms with Crippen molar-refractivity contribution in [2.24, 2.45) is 5.92 Å². The zero-order valence-electron chi connectivity index (χ0n) is 12.9. The van der Waals surface area contributed by atoms with Crippen LogP contribution in [0.15, 0.2) is 6.20 Å². The van der Waals surface area contributed by atoms with Crippen molar-refractivity contribution in [2.45, 2.75) is 70.8 Å². The highest BCUT2D eigenvalue weighted by atomic mass is 14.9. The van der Waals surface area contributed by atoms with E-state index < -0.39 is 0 Å². The lowest BCUT2D eigenvalue weighted by atomic mass is 9.87. The predicted molar refractivity (Wildman–Crippen MR) is 81.9 cm³/mol. The highest BCUT2D eigenvalue weighted by Crippen LogP contribution is 2.33. The number of nitrogens with one attached hydrogen (secondary N) is 1. The third kappa shape index (κ3) is 3.20. The molecule has 0 saturated heterocycles. The summed E-state index contributed by atoms with van der Waals surface area (Å²) in [6.45, 7) is 5.56. The van der Waals surface area contributed by atoms with Crippen LogP contribution >= 0.6 is 0 Å². The van der Waals surface area contributed by atoms with Gasteiger partial charge in [0.15, 0.2) is 0 Å². The van der Waals surface area contributed by atoms with Gasteiger partial charge in [-0.3, -0.25) is 0 Å². The summed E-state index contributed by atoms with van der Waals surface area (Å²) in [5.74, 6) is 2.52. The Morgan fingerprint density at radius 2 is 2.05 bits per heavy atom. The first kappa shape index (κ1) is 14.0. The smallest absolute Gasteiger partial charge is 0.131 e. The third-order valence-electron chi connectivity index (χ3n) is 4.81. The summed E-state index contributed by atoms with van der Waals surface area (Å²) in [7, 11) is 0. The maximum atomic E-state index is 4.89. The first-order chi connectivity index (χ1) is 9.72. The van der Waals surface area contributed by atoms with Gasteiger partial charge in [-0.2, -0.15) is 0 Å². The van der Waals surface area contributed by atoms with Crippen LogP contribution in [0.3, 0.4) is 0 Å². The molecule has 3 heteroatoms. The molecule has 1 N–H and O–H groups in total. The summed E-state index contributed by atoms with van der Waals surface area (Å²) in [6, 6.07) is 0.581. The Bertz CT molecular complexity index is 450. The van der Waals surface area contributed by atoms with E-state index in [0.29, 0.717) is 12.0 Å². The lowest BCUT2D eigenvalue weighted by Crippen LogP contribution is -2.32. The van der Waals surface area contributed by atoms with Crippen molar-refractivity contribution >= 4 is 0 Å². The molecule has 3 nitrogen and oxygen atoms in total. The van der Waals surface area contributed by atoms with Gasteiger partial charge in [-0.25, -0.2) is 9.97 Å². The van der Waals surface area contributed by atoms with Crippen LogP contribution in [0.5, 0.6) is 0 Å². The maximum Gasteiger partial charge on any atom is 0.131 e. The number of aryl methyl sites for hydroxylation is 1. The van der Waals surface area contributed by atoms with Crippen LogP contribution in [0.2, 0.25) is 0 Å². The number of hydrogen-bond acceptors (Lipinski definition) is 3. The Morgan fingerprint density at radius 3 is 2.80 bits per heavy atom. The average Bonchev–Trinajstić information content (AvgIpc) is 2.98. The number of rotatable bonds is 4. The molecule has 1 heterocycles. The highest BCUT2D eigenvalue weighted by molar-refractivity contribution is 5.22. The second kappa shape index (κ2) is 6.21. The molecule has 3 rings (SSSR count). The van der Waals surface area contributed by atoms with Crippen molar-refractivity contribution < 1.29 is 0 Å². The molecule has 1 atom stereocenters. The monoisotopic (exact) mass is 273 g/mol. The number of fused-ring (bicyclic) bond motifs is 1. The molecule has 0 amide bonds. The van der Waals surface area contributed by atoms with E-state index in [1.54, 1.807) is 0 Å². The molecular formula is C17H27N3. The molecule has 2 aliphatic carbocycles. The molecule has 0 radical (unpaired) electrons. The van der Waals surface area contributed by atoms with Crippen LogP contribution in [-0.4, -0.2) is 22.6 Å².